The zero-order chi connectivity index (χ0) is 17.3. The summed E-state index contributed by atoms with van der Waals surface area (Å²) in [4.78, 5) is 0. The van der Waals surface area contributed by atoms with Gasteiger partial charge in [0.1, 0.15) is 0 Å². The predicted molar refractivity (Wildman–Crippen MR) is 83.0 cm³/mol. The van der Waals surface area contributed by atoms with Crippen LogP contribution in [-0.4, -0.2) is 33.3 Å². The van der Waals surface area contributed by atoms with Gasteiger partial charge < -0.3 is 4.42 Å². The van der Waals surface area contributed by atoms with Gasteiger partial charge in [-0.25, -0.2) is 21.6 Å². The molecule has 1 atom stereocenters. The summed E-state index contributed by atoms with van der Waals surface area (Å²) in [6.07, 6.45) is 0.916. The van der Waals surface area contributed by atoms with E-state index in [1.54, 1.807) is 24.3 Å². The van der Waals surface area contributed by atoms with Gasteiger partial charge in [-0.2, -0.15) is 0 Å². The third-order valence-corrected chi connectivity index (χ3v) is 5.21. The van der Waals surface area contributed by atoms with Crippen molar-refractivity contribution >= 4 is 31.5 Å². The van der Waals surface area contributed by atoms with Crippen LogP contribution in [0.3, 0.4) is 0 Å². The minimum Gasteiger partial charge on any atom is -0.411 e. The molecule has 0 radical (unpaired) electrons. The average molecular weight is 380 g/mol. The Hall–Kier alpha value is -1.49. The molecule has 1 aromatic carbocycles. The first kappa shape index (κ1) is 17.9. The number of nitrogens with one attached hydrogen (secondary N) is 1. The molecule has 8 nitrogen and oxygen atoms in total. The quantitative estimate of drug-likeness (QED) is 0.803. The molecule has 1 aromatic heterocycles. The summed E-state index contributed by atoms with van der Waals surface area (Å²) in [7, 11) is -7.33. The van der Waals surface area contributed by atoms with Crippen LogP contribution in [0.1, 0.15) is 24.4 Å². The second-order valence-corrected chi connectivity index (χ2v) is 8.99. The fourth-order valence-electron chi connectivity index (χ4n) is 1.71. The minimum atomic E-state index is -3.69. The summed E-state index contributed by atoms with van der Waals surface area (Å²) in [5.74, 6) is -0.396. The van der Waals surface area contributed by atoms with Crippen LogP contribution in [-0.2, 0) is 25.6 Å². The van der Waals surface area contributed by atoms with Crippen LogP contribution < -0.4 is 4.72 Å². The van der Waals surface area contributed by atoms with Gasteiger partial charge in [-0.15, -0.1) is 5.10 Å². The molecule has 0 bridgehead atoms. The number of nitrogens with zero attached hydrogens (tertiary/aromatic N) is 2. The van der Waals surface area contributed by atoms with Crippen molar-refractivity contribution in [1.82, 2.24) is 14.9 Å². The van der Waals surface area contributed by atoms with Gasteiger partial charge >= 0.3 is 5.22 Å². The van der Waals surface area contributed by atoms with Gasteiger partial charge in [0.25, 0.3) is 0 Å². The monoisotopic (exact) mass is 379 g/mol. The standard InChI is InChI=1S/C12H14ClN3O5S2/c1-8(11-14-15-12(21-11)22(2,17)18)16-23(19,20)7-9-3-5-10(13)6-4-9/h3-6,8,16H,7H2,1-2H3/t8-/m0/s1. The van der Waals surface area contributed by atoms with Crippen molar-refractivity contribution in [1.29, 1.82) is 0 Å². The minimum absolute atomic E-state index is 0.134. The summed E-state index contributed by atoms with van der Waals surface area (Å²) >= 11 is 5.74. The van der Waals surface area contributed by atoms with Gasteiger partial charge in [0.05, 0.1) is 11.8 Å². The van der Waals surface area contributed by atoms with Crippen molar-refractivity contribution in [2.75, 3.05) is 6.26 Å². The van der Waals surface area contributed by atoms with Crippen LogP contribution in [0.2, 0.25) is 5.02 Å². The van der Waals surface area contributed by atoms with Crippen LogP contribution in [0, 0.1) is 0 Å². The van der Waals surface area contributed by atoms with Crippen molar-refractivity contribution in [2.45, 2.75) is 23.9 Å². The van der Waals surface area contributed by atoms with Crippen molar-refractivity contribution in [3.8, 4) is 0 Å². The van der Waals surface area contributed by atoms with E-state index in [-0.39, 0.29) is 11.6 Å². The Bertz CT molecular complexity index is 891. The Morgan fingerprint density at radius 3 is 2.30 bits per heavy atom. The van der Waals surface area contributed by atoms with Gasteiger partial charge in [-0.3, -0.25) is 0 Å². The molecule has 0 aliphatic carbocycles. The van der Waals surface area contributed by atoms with Gasteiger partial charge in [-0.1, -0.05) is 28.8 Å². The Morgan fingerprint density at radius 1 is 1.17 bits per heavy atom. The lowest BCUT2D eigenvalue weighted by Gasteiger charge is -2.10. The van der Waals surface area contributed by atoms with E-state index in [0.717, 1.165) is 6.26 Å². The van der Waals surface area contributed by atoms with E-state index in [1.165, 1.54) is 6.92 Å². The molecule has 2 aromatic rings. The summed E-state index contributed by atoms with van der Waals surface area (Å²) in [5.41, 5.74) is 0.552. The maximum atomic E-state index is 12.1. The number of aromatic nitrogens is 2. The second kappa shape index (κ2) is 6.56. The molecule has 0 saturated carbocycles. The van der Waals surface area contributed by atoms with E-state index >= 15 is 0 Å². The lowest BCUT2D eigenvalue weighted by Crippen LogP contribution is -2.28. The highest BCUT2D eigenvalue weighted by Crippen LogP contribution is 2.17. The van der Waals surface area contributed by atoms with Crippen LogP contribution >= 0.6 is 11.6 Å². The van der Waals surface area contributed by atoms with E-state index in [4.69, 9.17) is 16.0 Å². The number of hydrogen-bond donors (Lipinski definition) is 1. The normalized spacial score (nSPS) is 13.9. The van der Waals surface area contributed by atoms with E-state index in [0.29, 0.717) is 10.6 Å². The van der Waals surface area contributed by atoms with E-state index in [2.05, 4.69) is 14.9 Å². The SMILES string of the molecule is C[C@H](NS(=O)(=O)Cc1ccc(Cl)cc1)c1nnc(S(C)(=O)=O)o1. The molecule has 1 heterocycles. The molecule has 0 unspecified atom stereocenters. The Morgan fingerprint density at radius 2 is 1.78 bits per heavy atom. The number of rotatable bonds is 6. The number of hydrogen-bond acceptors (Lipinski definition) is 7. The zero-order valence-electron chi connectivity index (χ0n) is 12.2. The van der Waals surface area contributed by atoms with Crippen LogP contribution in [0.25, 0.3) is 0 Å². The highest BCUT2D eigenvalue weighted by Gasteiger charge is 2.23. The molecule has 0 fully saturated rings. The first-order chi connectivity index (χ1) is 10.6. The molecule has 2 rings (SSSR count). The second-order valence-electron chi connectivity index (χ2n) is 4.90. The number of halogens is 1. The fourth-order valence-corrected chi connectivity index (χ4v) is 3.61. The highest BCUT2D eigenvalue weighted by atomic mass is 35.5. The Labute approximate surface area is 138 Å². The van der Waals surface area contributed by atoms with Crippen molar-refractivity contribution in [2.24, 2.45) is 0 Å². The van der Waals surface area contributed by atoms with Crippen LogP contribution in [0.4, 0.5) is 0 Å². The smallest absolute Gasteiger partial charge is 0.335 e. The van der Waals surface area contributed by atoms with Crippen LogP contribution in [0.5, 0.6) is 0 Å². The first-order valence-corrected chi connectivity index (χ1v) is 10.3. The van der Waals surface area contributed by atoms with E-state index in [9.17, 15) is 16.8 Å². The van der Waals surface area contributed by atoms with Gasteiger partial charge in [0.2, 0.25) is 25.8 Å². The summed E-state index contributed by atoms with van der Waals surface area (Å²) in [6, 6.07) is 5.51. The molecule has 23 heavy (non-hydrogen) atoms. The molecule has 0 amide bonds. The number of sulfonamides is 1. The predicted octanol–water partition coefficient (Wildman–Crippen LogP) is 1.31. The number of sulfone groups is 1. The van der Waals surface area contributed by atoms with Crippen molar-refractivity contribution in [3.63, 3.8) is 0 Å². The third kappa shape index (κ3) is 4.99. The van der Waals surface area contributed by atoms with E-state index < -0.39 is 31.1 Å². The van der Waals surface area contributed by atoms with E-state index in [1.807, 2.05) is 0 Å². The summed E-state index contributed by atoms with van der Waals surface area (Å²) < 4.78 is 54.1. The topological polar surface area (TPSA) is 119 Å². The fraction of sp³-hybridized carbons (Fsp3) is 0.333. The molecule has 0 aliphatic rings. The van der Waals surface area contributed by atoms with Gasteiger partial charge in [0.15, 0.2) is 0 Å². The van der Waals surface area contributed by atoms with Crippen molar-refractivity contribution < 1.29 is 21.3 Å². The molecule has 1 N–H and O–H groups in total. The van der Waals surface area contributed by atoms with Crippen molar-refractivity contribution in [3.05, 3.63) is 40.7 Å². The summed E-state index contributed by atoms with van der Waals surface area (Å²) in [6.45, 7) is 1.47. The molecule has 11 heteroatoms. The zero-order valence-corrected chi connectivity index (χ0v) is 14.6. The molecule has 0 aliphatic heterocycles. The molecular formula is C12H14ClN3O5S2. The molecular weight excluding hydrogens is 366 g/mol. The lowest BCUT2D eigenvalue weighted by atomic mass is 10.2. The van der Waals surface area contributed by atoms with Crippen LogP contribution in [0.15, 0.2) is 33.9 Å². The highest BCUT2D eigenvalue weighted by molar-refractivity contribution is 7.90. The molecule has 126 valence electrons. The van der Waals surface area contributed by atoms with Gasteiger partial charge in [0, 0.05) is 11.3 Å². The average Bonchev–Trinajstić information content (AvgIpc) is 2.90. The number of benzene rings is 1. The Balaban J connectivity index is 2.10. The summed E-state index contributed by atoms with van der Waals surface area (Å²) in [5, 5.41) is 6.87. The molecule has 0 spiro atoms. The maximum absolute atomic E-state index is 12.1. The molecule has 0 saturated heterocycles. The first-order valence-electron chi connectivity index (χ1n) is 6.35. The lowest BCUT2D eigenvalue weighted by molar-refractivity contribution is 0.373. The third-order valence-electron chi connectivity index (χ3n) is 2.74. The Kier molecular flexibility index (Phi) is 5.09. The van der Waals surface area contributed by atoms with Gasteiger partial charge in [-0.05, 0) is 24.6 Å². The largest absolute Gasteiger partial charge is 0.411 e. The maximum Gasteiger partial charge on any atom is 0.335 e.